The number of methoxy groups -OCH3 is 2. The second-order valence-corrected chi connectivity index (χ2v) is 19.7. The van der Waals surface area contributed by atoms with Crippen LogP contribution < -0.4 is 25.0 Å². The summed E-state index contributed by atoms with van der Waals surface area (Å²) in [5.74, 6) is 0.801. The van der Waals surface area contributed by atoms with Crippen molar-refractivity contribution in [1.29, 1.82) is 0 Å². The molecule has 4 atom stereocenters. The Hall–Kier alpha value is -5.00. The van der Waals surface area contributed by atoms with E-state index in [1.807, 2.05) is 48.5 Å². The Morgan fingerprint density at radius 1 is 0.676 bits per heavy atom. The molecule has 3 aliphatic heterocycles. The van der Waals surface area contributed by atoms with E-state index in [0.717, 1.165) is 23.1 Å². The van der Waals surface area contributed by atoms with E-state index in [1.165, 1.54) is 51.0 Å². The topological polar surface area (TPSA) is 230 Å². The van der Waals surface area contributed by atoms with E-state index >= 15 is 0 Å². The Labute approximate surface area is 399 Å². The van der Waals surface area contributed by atoms with Crippen LogP contribution in [0.15, 0.2) is 119 Å². The maximum atomic E-state index is 13.5. The first-order valence-electron chi connectivity index (χ1n) is 22.4. The summed E-state index contributed by atoms with van der Waals surface area (Å²) in [6, 6.07) is 31.0. The highest BCUT2D eigenvalue weighted by molar-refractivity contribution is 7.89. The van der Waals surface area contributed by atoms with Crippen molar-refractivity contribution in [3.63, 3.8) is 0 Å². The lowest BCUT2D eigenvalue weighted by atomic mass is 10.0. The van der Waals surface area contributed by atoms with Crippen LogP contribution in [-0.2, 0) is 66.4 Å². The smallest absolute Gasteiger partial charge is 0.265 e. The van der Waals surface area contributed by atoms with Crippen molar-refractivity contribution in [1.82, 2.24) is 20.0 Å². The number of rotatable bonds is 20. The Morgan fingerprint density at radius 3 is 1.62 bits per heavy atom. The molecule has 0 aromatic heterocycles. The molecule has 372 valence electrons. The van der Waals surface area contributed by atoms with Gasteiger partial charge in [0.05, 0.1) is 67.6 Å². The van der Waals surface area contributed by atoms with Crippen molar-refractivity contribution in [3.8, 4) is 11.5 Å². The maximum Gasteiger partial charge on any atom is 0.265 e. The van der Waals surface area contributed by atoms with Crippen LogP contribution in [0, 0.1) is 0 Å². The number of nitrogens with zero attached hydrogens (tertiary/aromatic N) is 1. The average molecular weight is 985 g/mol. The van der Waals surface area contributed by atoms with Crippen LogP contribution in [0.3, 0.4) is 0 Å². The average Bonchev–Trinajstić information content (AvgIpc) is 4.21. The van der Waals surface area contributed by atoms with Crippen molar-refractivity contribution in [2.24, 2.45) is 0 Å². The van der Waals surface area contributed by atoms with E-state index in [0.29, 0.717) is 70.0 Å². The molecular formula is C48H64N4O14S2. The van der Waals surface area contributed by atoms with Crippen molar-refractivity contribution in [2.45, 2.75) is 98.7 Å². The van der Waals surface area contributed by atoms with Gasteiger partial charge in [-0.25, -0.2) is 16.8 Å². The molecule has 3 aliphatic rings. The third-order valence-corrected chi connectivity index (χ3v) is 13.8. The summed E-state index contributed by atoms with van der Waals surface area (Å²) in [5.41, 5.74) is 2.13. The number of benzene rings is 4. The van der Waals surface area contributed by atoms with Gasteiger partial charge in [-0.15, -0.1) is 0 Å². The van der Waals surface area contributed by atoms with Gasteiger partial charge in [0.15, 0.2) is 0 Å². The number of amides is 2. The first-order chi connectivity index (χ1) is 32.7. The minimum Gasteiger partial charge on any atom is -0.497 e. The van der Waals surface area contributed by atoms with Gasteiger partial charge in [-0.2, -0.15) is 0 Å². The molecule has 3 fully saturated rings. The first-order valence-corrected chi connectivity index (χ1v) is 25.3. The van der Waals surface area contributed by atoms with Crippen molar-refractivity contribution in [2.75, 3.05) is 53.8 Å². The zero-order chi connectivity index (χ0) is 48.9. The minimum absolute atomic E-state index is 0.00595. The van der Waals surface area contributed by atoms with Crippen LogP contribution in [0.2, 0.25) is 0 Å². The van der Waals surface area contributed by atoms with E-state index in [4.69, 9.17) is 33.4 Å². The summed E-state index contributed by atoms with van der Waals surface area (Å²) in [7, 11) is -4.75. The van der Waals surface area contributed by atoms with Crippen LogP contribution in [0.1, 0.15) is 50.7 Å². The third kappa shape index (κ3) is 18.1. The maximum absolute atomic E-state index is 13.5. The second kappa shape index (κ2) is 27.3. The fourth-order valence-corrected chi connectivity index (χ4v) is 9.28. The summed E-state index contributed by atoms with van der Waals surface area (Å²) in [4.78, 5) is 36.2. The molecule has 68 heavy (non-hydrogen) atoms. The molecule has 2 amide bonds. The van der Waals surface area contributed by atoms with Gasteiger partial charge in [0.1, 0.15) is 17.6 Å². The summed E-state index contributed by atoms with van der Waals surface area (Å²) in [6.07, 6.45) is 2.07. The molecule has 18 nitrogen and oxygen atoms in total. The number of epoxide rings is 1. The fourth-order valence-electron chi connectivity index (χ4n) is 7.12. The van der Waals surface area contributed by atoms with Gasteiger partial charge < -0.3 is 39.4 Å². The normalized spacial score (nSPS) is 17.8. The molecule has 7 rings (SSSR count). The Morgan fingerprint density at radius 2 is 1.15 bits per heavy atom. The molecule has 4 unspecified atom stereocenters. The highest BCUT2D eigenvalue weighted by atomic mass is 32.2. The number of aliphatic hydroxyl groups is 1. The number of nitrogens with one attached hydrogen (secondary N) is 3. The van der Waals surface area contributed by atoms with Gasteiger partial charge in [-0.1, -0.05) is 70.0 Å². The molecule has 0 radical (unpaired) electrons. The van der Waals surface area contributed by atoms with E-state index in [1.54, 1.807) is 31.2 Å². The number of ether oxygens (including phenoxy) is 5. The van der Waals surface area contributed by atoms with Crippen LogP contribution in [0.25, 0.3) is 0 Å². The summed E-state index contributed by atoms with van der Waals surface area (Å²) in [6.45, 7) is 5.42. The van der Waals surface area contributed by atoms with E-state index in [-0.39, 0.29) is 52.5 Å². The van der Waals surface area contributed by atoms with Gasteiger partial charge in [-0.05, 0) is 98.2 Å². The Bertz CT molecular complexity index is 2330. The zero-order valence-corrected chi connectivity index (χ0v) is 40.5. The molecule has 0 aliphatic carbocycles. The van der Waals surface area contributed by atoms with Gasteiger partial charge in [0, 0.05) is 40.3 Å². The predicted octanol–water partition coefficient (Wildman–Crippen LogP) is 4.12. The van der Waals surface area contributed by atoms with E-state index in [2.05, 4.69) is 27.7 Å². The number of hydrogen-bond acceptors (Lipinski definition) is 14. The fraction of sp³-hybridized carbons (Fsp3) is 0.458. The largest absolute Gasteiger partial charge is 0.497 e. The quantitative estimate of drug-likeness (QED) is 0.0722. The summed E-state index contributed by atoms with van der Waals surface area (Å²) in [5, 5.41) is 16.7. The molecule has 4 N–H and O–H groups in total. The molecule has 0 bridgehead atoms. The number of hydrogen-bond donors (Lipinski definition) is 4. The molecule has 0 spiro atoms. The van der Waals surface area contributed by atoms with Gasteiger partial charge in [0.2, 0.25) is 11.8 Å². The van der Waals surface area contributed by atoms with Crippen LogP contribution >= 0.6 is 0 Å². The number of carbonyl (C=O) groups is 2. The lowest BCUT2D eigenvalue weighted by Gasteiger charge is -2.32. The molecule has 3 heterocycles. The Balaban J connectivity index is 0.000000212. The first kappa shape index (κ1) is 53.9. The van der Waals surface area contributed by atoms with Crippen LogP contribution in [-0.4, -0.2) is 129 Å². The highest BCUT2D eigenvalue weighted by Crippen LogP contribution is 2.24. The number of carbonyl (C=O) groups excluding carboxylic acids is 2. The van der Waals surface area contributed by atoms with E-state index in [9.17, 15) is 31.5 Å². The van der Waals surface area contributed by atoms with Gasteiger partial charge >= 0.3 is 0 Å². The molecule has 20 heteroatoms. The number of sulfonamides is 2. The third-order valence-electron chi connectivity index (χ3n) is 10.9. The van der Waals surface area contributed by atoms with Crippen LogP contribution in [0.4, 0.5) is 0 Å². The van der Waals surface area contributed by atoms with Crippen LogP contribution in [0.5, 0.6) is 11.5 Å². The molecular weight excluding hydrogens is 921 g/mol. The monoisotopic (exact) mass is 984 g/mol. The van der Waals surface area contributed by atoms with Crippen molar-refractivity contribution in [3.05, 3.63) is 120 Å². The second-order valence-electron chi connectivity index (χ2n) is 16.2. The summed E-state index contributed by atoms with van der Waals surface area (Å²) < 4.78 is 77.6. The lowest BCUT2D eigenvalue weighted by Crippen LogP contribution is -2.51. The lowest BCUT2D eigenvalue weighted by molar-refractivity contribution is -0.170. The minimum atomic E-state index is -4.11. The zero-order valence-electron chi connectivity index (χ0n) is 38.9. The standard InChI is InChI=1S/C24H32N2O7S.C12H17NO5S.C12H15NO2/c1-18(27)25-23(16-19-6-4-3-5-7-19)24(28)17-26(33-21-12-14-32-15-13-21)34(29,30)22-10-8-20(31-2)9-11-22;1-16-10-2-4-12(5-3-10)19(14,15)13-18-11-6-8-17-9-7-11;1-9(14)13-11(12-8-15-12)7-10-5-3-2-4-6-10/h3-11,21,23-24,28H,12-17H2,1-2H3,(H,25,27);2-5,11,13H,6-9H2,1H3;2-6,11-12H,7-8H2,1H3,(H,13,14). The molecule has 4 aromatic carbocycles. The molecule has 4 aromatic rings. The van der Waals surface area contributed by atoms with Gasteiger partial charge in [0.25, 0.3) is 20.0 Å². The predicted molar refractivity (Wildman–Crippen MR) is 251 cm³/mol. The van der Waals surface area contributed by atoms with Gasteiger partial charge in [-0.3, -0.25) is 19.3 Å². The SMILES string of the molecule is CC(=O)NC(Cc1ccccc1)C1CO1.COc1ccc(S(=O)(=O)N(CC(O)C(Cc2ccccc2)NC(C)=O)OC2CCOCC2)cc1.COc1ccc(S(=O)(=O)NOC2CCOCC2)cc1. The summed E-state index contributed by atoms with van der Waals surface area (Å²) >= 11 is 0. The van der Waals surface area contributed by atoms with Crippen molar-refractivity contribution >= 4 is 31.9 Å². The molecule has 0 saturated carbocycles. The van der Waals surface area contributed by atoms with Crippen molar-refractivity contribution < 1.29 is 64.9 Å². The number of hydroxylamine groups is 1. The van der Waals surface area contributed by atoms with E-state index < -0.39 is 32.2 Å². The number of aliphatic hydroxyl groups excluding tert-OH is 1. The Kier molecular flexibility index (Phi) is 21.6. The molecule has 3 saturated heterocycles. The highest BCUT2D eigenvalue weighted by Gasteiger charge is 2.35.